The zero-order valence-corrected chi connectivity index (χ0v) is 12.5. The van der Waals surface area contributed by atoms with Crippen LogP contribution in [0.25, 0.3) is 10.8 Å². The lowest BCUT2D eigenvalue weighted by molar-refractivity contribution is 0.0953. The molecule has 6 nitrogen and oxygen atoms in total. The van der Waals surface area contributed by atoms with Crippen LogP contribution < -0.4 is 5.32 Å². The minimum absolute atomic E-state index is 0.144. The zero-order chi connectivity index (χ0) is 14.8. The molecule has 0 fully saturated rings. The number of nitrogens with one attached hydrogen (secondary N) is 2. The Kier molecular flexibility index (Phi) is 3.57. The highest BCUT2D eigenvalue weighted by Gasteiger charge is 2.17. The topological polar surface area (TPSA) is 83.8 Å². The van der Waals surface area contributed by atoms with Gasteiger partial charge >= 0.3 is 0 Å². The minimum Gasteiger partial charge on any atom is -0.459 e. The number of carbonyl (C=O) groups excluding carboxylic acids is 1. The lowest BCUT2D eigenvalue weighted by Crippen LogP contribution is -2.22. The van der Waals surface area contributed by atoms with Gasteiger partial charge in [0.1, 0.15) is 10.6 Å². The molecular weight excluding hydrogens is 288 g/mol. The average Bonchev–Trinajstić information content (AvgIpc) is 3.16. The summed E-state index contributed by atoms with van der Waals surface area (Å²) in [7, 11) is 0. The highest BCUT2D eigenvalue weighted by molar-refractivity contribution is 7.17. The van der Waals surface area contributed by atoms with E-state index in [0.29, 0.717) is 27.9 Å². The van der Waals surface area contributed by atoms with Gasteiger partial charge < -0.3 is 9.73 Å². The van der Waals surface area contributed by atoms with Crippen molar-refractivity contribution in [3.8, 4) is 10.8 Å². The third-order valence-corrected chi connectivity index (χ3v) is 4.12. The first kappa shape index (κ1) is 13.6. The molecule has 7 heteroatoms. The number of aromatic amines is 1. The molecule has 0 aliphatic rings. The van der Waals surface area contributed by atoms with Crippen LogP contribution in [0.3, 0.4) is 0 Å². The van der Waals surface area contributed by atoms with Gasteiger partial charge in [0, 0.05) is 6.20 Å². The van der Waals surface area contributed by atoms with Crippen LogP contribution in [0.5, 0.6) is 0 Å². The Bertz CT molecular complexity index is 758. The summed E-state index contributed by atoms with van der Waals surface area (Å²) in [5, 5.41) is 10.2. The van der Waals surface area contributed by atoms with Gasteiger partial charge in [0.15, 0.2) is 10.8 Å². The van der Waals surface area contributed by atoms with E-state index in [1.165, 1.54) is 11.3 Å². The molecule has 0 unspecified atom stereocenters. The zero-order valence-electron chi connectivity index (χ0n) is 11.6. The Labute approximate surface area is 125 Å². The van der Waals surface area contributed by atoms with Crippen LogP contribution in [-0.4, -0.2) is 21.1 Å². The third kappa shape index (κ3) is 2.87. The Morgan fingerprint density at radius 2 is 2.24 bits per heavy atom. The van der Waals surface area contributed by atoms with E-state index in [1.807, 2.05) is 32.0 Å². The summed E-state index contributed by atoms with van der Waals surface area (Å²) in [5.74, 6) is 1.37. The maximum atomic E-state index is 12.2. The molecule has 108 valence electrons. The second kappa shape index (κ2) is 5.53. The highest BCUT2D eigenvalue weighted by atomic mass is 32.1. The van der Waals surface area contributed by atoms with E-state index in [2.05, 4.69) is 20.5 Å². The molecule has 3 aromatic heterocycles. The minimum atomic E-state index is -0.144. The Morgan fingerprint density at radius 1 is 1.38 bits per heavy atom. The molecule has 0 aromatic carbocycles. The van der Waals surface area contributed by atoms with Crippen LogP contribution in [0.4, 0.5) is 0 Å². The van der Waals surface area contributed by atoms with Crippen LogP contribution in [0.1, 0.15) is 26.8 Å². The van der Waals surface area contributed by atoms with Gasteiger partial charge in [0.2, 0.25) is 0 Å². The Hall–Kier alpha value is -2.41. The van der Waals surface area contributed by atoms with E-state index in [0.717, 1.165) is 11.5 Å². The number of amides is 1. The van der Waals surface area contributed by atoms with Crippen molar-refractivity contribution >= 4 is 17.2 Å². The van der Waals surface area contributed by atoms with Crippen molar-refractivity contribution in [2.75, 3.05) is 0 Å². The molecule has 0 bridgehead atoms. The maximum Gasteiger partial charge on any atom is 0.263 e. The van der Waals surface area contributed by atoms with Crippen LogP contribution in [0, 0.1) is 13.8 Å². The quantitative estimate of drug-likeness (QED) is 0.776. The molecule has 1 amide bonds. The van der Waals surface area contributed by atoms with Crippen LogP contribution >= 0.6 is 11.3 Å². The van der Waals surface area contributed by atoms with Gasteiger partial charge in [-0.2, -0.15) is 5.10 Å². The number of rotatable bonds is 4. The number of thiazole rings is 1. The lowest BCUT2D eigenvalue weighted by atomic mass is 10.3. The number of furan rings is 1. The van der Waals surface area contributed by atoms with Gasteiger partial charge in [-0.1, -0.05) is 0 Å². The molecule has 0 aliphatic carbocycles. The van der Waals surface area contributed by atoms with E-state index in [1.54, 1.807) is 6.20 Å². The first-order valence-corrected chi connectivity index (χ1v) is 7.26. The molecule has 0 aliphatic heterocycles. The maximum absolute atomic E-state index is 12.2. The van der Waals surface area contributed by atoms with Crippen molar-refractivity contribution in [1.82, 2.24) is 20.5 Å². The summed E-state index contributed by atoms with van der Waals surface area (Å²) in [5.41, 5.74) is 1.55. The van der Waals surface area contributed by atoms with Gasteiger partial charge in [-0.15, -0.1) is 11.3 Å². The SMILES string of the molecule is Cc1ccc(-c2nc(C)c(C(=O)NCc3ccn[nH]3)s2)o1. The number of aromatic nitrogens is 3. The van der Waals surface area contributed by atoms with Crippen LogP contribution in [-0.2, 0) is 6.54 Å². The van der Waals surface area contributed by atoms with Gasteiger partial charge in [0.05, 0.1) is 17.9 Å². The van der Waals surface area contributed by atoms with Crippen molar-refractivity contribution < 1.29 is 9.21 Å². The van der Waals surface area contributed by atoms with Crippen molar-refractivity contribution in [1.29, 1.82) is 0 Å². The number of H-pyrrole nitrogens is 1. The van der Waals surface area contributed by atoms with Gasteiger partial charge in [0.25, 0.3) is 5.91 Å². The number of carbonyl (C=O) groups is 1. The molecule has 0 saturated carbocycles. The van der Waals surface area contributed by atoms with E-state index >= 15 is 0 Å². The van der Waals surface area contributed by atoms with Gasteiger partial charge in [-0.25, -0.2) is 4.98 Å². The Balaban J connectivity index is 1.76. The summed E-state index contributed by atoms with van der Waals surface area (Å²) in [4.78, 5) is 17.2. The summed E-state index contributed by atoms with van der Waals surface area (Å²) in [6, 6.07) is 5.56. The fourth-order valence-electron chi connectivity index (χ4n) is 1.90. The third-order valence-electron chi connectivity index (χ3n) is 2.95. The van der Waals surface area contributed by atoms with Crippen molar-refractivity contribution in [3.05, 3.63) is 46.4 Å². The average molecular weight is 302 g/mol. The van der Waals surface area contributed by atoms with Gasteiger partial charge in [-0.05, 0) is 32.0 Å². The van der Waals surface area contributed by atoms with Gasteiger partial charge in [-0.3, -0.25) is 9.89 Å². The fourth-order valence-corrected chi connectivity index (χ4v) is 2.85. The Morgan fingerprint density at radius 3 is 2.90 bits per heavy atom. The second-order valence-corrected chi connectivity index (χ2v) is 5.61. The van der Waals surface area contributed by atoms with Crippen LogP contribution in [0.2, 0.25) is 0 Å². The lowest BCUT2D eigenvalue weighted by Gasteiger charge is -2.01. The molecule has 0 radical (unpaired) electrons. The molecular formula is C14H14N4O2S. The van der Waals surface area contributed by atoms with E-state index in [9.17, 15) is 4.79 Å². The summed E-state index contributed by atoms with van der Waals surface area (Å²) >= 11 is 1.33. The fraction of sp³-hybridized carbons (Fsp3) is 0.214. The second-order valence-electron chi connectivity index (χ2n) is 4.61. The number of nitrogens with zero attached hydrogens (tertiary/aromatic N) is 2. The van der Waals surface area contributed by atoms with Crippen molar-refractivity contribution in [2.24, 2.45) is 0 Å². The standard InChI is InChI=1S/C14H14N4O2S/c1-8-3-4-11(20-8)14-17-9(2)12(21-14)13(19)15-7-10-5-6-16-18-10/h3-6H,7H2,1-2H3,(H,15,19)(H,16,18). The smallest absolute Gasteiger partial charge is 0.263 e. The number of hydrogen-bond donors (Lipinski definition) is 2. The molecule has 0 spiro atoms. The molecule has 0 saturated heterocycles. The molecule has 0 atom stereocenters. The number of aryl methyl sites for hydroxylation is 2. The summed E-state index contributed by atoms with van der Waals surface area (Å²) in [6.07, 6.45) is 1.65. The van der Waals surface area contributed by atoms with Crippen molar-refractivity contribution in [2.45, 2.75) is 20.4 Å². The van der Waals surface area contributed by atoms with E-state index < -0.39 is 0 Å². The molecule has 3 heterocycles. The van der Waals surface area contributed by atoms with Crippen LogP contribution in [0.15, 0.2) is 28.8 Å². The monoisotopic (exact) mass is 302 g/mol. The molecule has 3 aromatic rings. The summed E-state index contributed by atoms with van der Waals surface area (Å²) in [6.45, 7) is 4.11. The molecule has 3 rings (SSSR count). The predicted molar refractivity (Wildman–Crippen MR) is 79.0 cm³/mol. The van der Waals surface area contributed by atoms with E-state index in [4.69, 9.17) is 4.42 Å². The highest BCUT2D eigenvalue weighted by Crippen LogP contribution is 2.29. The van der Waals surface area contributed by atoms with E-state index in [-0.39, 0.29) is 5.91 Å². The first-order valence-electron chi connectivity index (χ1n) is 6.44. The normalized spacial score (nSPS) is 10.8. The number of hydrogen-bond acceptors (Lipinski definition) is 5. The van der Waals surface area contributed by atoms with Crippen molar-refractivity contribution in [3.63, 3.8) is 0 Å². The first-order chi connectivity index (χ1) is 10.1. The molecule has 2 N–H and O–H groups in total. The molecule has 21 heavy (non-hydrogen) atoms. The summed E-state index contributed by atoms with van der Waals surface area (Å²) < 4.78 is 5.54. The predicted octanol–water partition coefficient (Wildman–Crippen LogP) is 2.67. The largest absolute Gasteiger partial charge is 0.459 e.